The summed E-state index contributed by atoms with van der Waals surface area (Å²) < 4.78 is 9.75. The molecule has 0 saturated carbocycles. The van der Waals surface area contributed by atoms with Crippen molar-refractivity contribution in [1.29, 1.82) is 0 Å². The number of esters is 2. The average Bonchev–Trinajstić information content (AvgIpc) is 2.52. The van der Waals surface area contributed by atoms with Crippen LogP contribution in [0.1, 0.15) is 27.6 Å². The average molecular weight is 288 g/mol. The van der Waals surface area contributed by atoms with Crippen molar-refractivity contribution in [1.82, 2.24) is 4.98 Å². The SMILES string of the molecule is CCOC(=O)c1cnc2c(C(=O)OC)cccc2c1NC. The van der Waals surface area contributed by atoms with Gasteiger partial charge in [-0.05, 0) is 13.0 Å². The Labute approximate surface area is 122 Å². The van der Waals surface area contributed by atoms with E-state index < -0.39 is 11.9 Å². The number of aromatic nitrogens is 1. The smallest absolute Gasteiger partial charge is 0.341 e. The highest BCUT2D eigenvalue weighted by Gasteiger charge is 2.19. The Morgan fingerprint density at radius 1 is 1.24 bits per heavy atom. The van der Waals surface area contributed by atoms with E-state index in [4.69, 9.17) is 9.47 Å². The number of para-hydroxylation sites is 1. The van der Waals surface area contributed by atoms with Gasteiger partial charge in [0.25, 0.3) is 0 Å². The quantitative estimate of drug-likeness (QED) is 0.869. The van der Waals surface area contributed by atoms with Crippen LogP contribution in [-0.2, 0) is 9.47 Å². The maximum atomic E-state index is 11.9. The summed E-state index contributed by atoms with van der Waals surface area (Å²) in [6, 6.07) is 5.13. The van der Waals surface area contributed by atoms with Crippen molar-refractivity contribution in [2.45, 2.75) is 6.92 Å². The molecule has 0 aliphatic heterocycles. The van der Waals surface area contributed by atoms with Gasteiger partial charge in [0.1, 0.15) is 5.56 Å². The van der Waals surface area contributed by atoms with Crippen LogP contribution in [0.5, 0.6) is 0 Å². The van der Waals surface area contributed by atoms with E-state index in [1.54, 1.807) is 32.2 Å². The van der Waals surface area contributed by atoms with Crippen LogP contribution in [0, 0.1) is 0 Å². The first kappa shape index (κ1) is 14.8. The van der Waals surface area contributed by atoms with E-state index >= 15 is 0 Å². The molecule has 6 heteroatoms. The van der Waals surface area contributed by atoms with Crippen molar-refractivity contribution in [3.63, 3.8) is 0 Å². The molecule has 0 saturated heterocycles. The number of carbonyl (C=O) groups excluding carboxylic acids is 2. The highest BCUT2D eigenvalue weighted by molar-refractivity contribution is 6.10. The van der Waals surface area contributed by atoms with E-state index in [0.29, 0.717) is 27.7 Å². The molecule has 0 aliphatic carbocycles. The van der Waals surface area contributed by atoms with Gasteiger partial charge >= 0.3 is 11.9 Å². The van der Waals surface area contributed by atoms with Gasteiger partial charge in [-0.3, -0.25) is 4.98 Å². The summed E-state index contributed by atoms with van der Waals surface area (Å²) in [4.78, 5) is 27.9. The molecule has 110 valence electrons. The van der Waals surface area contributed by atoms with E-state index in [1.165, 1.54) is 13.3 Å². The monoisotopic (exact) mass is 288 g/mol. The van der Waals surface area contributed by atoms with Gasteiger partial charge in [-0.1, -0.05) is 12.1 Å². The van der Waals surface area contributed by atoms with E-state index in [0.717, 1.165) is 0 Å². The largest absolute Gasteiger partial charge is 0.465 e. The molecule has 2 rings (SSSR count). The van der Waals surface area contributed by atoms with Crippen molar-refractivity contribution < 1.29 is 19.1 Å². The first-order valence-electron chi connectivity index (χ1n) is 6.49. The lowest BCUT2D eigenvalue weighted by Crippen LogP contribution is -2.10. The van der Waals surface area contributed by atoms with Gasteiger partial charge in [0.05, 0.1) is 30.5 Å². The molecule has 1 aromatic carbocycles. The Morgan fingerprint density at radius 3 is 2.62 bits per heavy atom. The number of nitrogens with zero attached hydrogens (tertiary/aromatic N) is 1. The Morgan fingerprint density at radius 2 is 2.00 bits per heavy atom. The predicted molar refractivity (Wildman–Crippen MR) is 78.6 cm³/mol. The molecule has 0 unspecified atom stereocenters. The standard InChI is InChI=1S/C15H16N2O4/c1-4-21-15(19)11-8-17-13-9(12(11)16-2)6-5-7-10(13)14(18)20-3/h5-8H,4H2,1-3H3,(H,16,17). The second-order valence-electron chi connectivity index (χ2n) is 4.21. The van der Waals surface area contributed by atoms with E-state index in [9.17, 15) is 9.59 Å². The van der Waals surface area contributed by atoms with Crippen LogP contribution in [0.4, 0.5) is 5.69 Å². The molecule has 21 heavy (non-hydrogen) atoms. The molecule has 1 aromatic heterocycles. The highest BCUT2D eigenvalue weighted by Crippen LogP contribution is 2.28. The number of hydrogen-bond acceptors (Lipinski definition) is 6. The Kier molecular flexibility index (Phi) is 4.37. The van der Waals surface area contributed by atoms with Gasteiger partial charge in [-0.15, -0.1) is 0 Å². The van der Waals surface area contributed by atoms with Crippen LogP contribution in [-0.4, -0.2) is 37.7 Å². The maximum absolute atomic E-state index is 11.9. The van der Waals surface area contributed by atoms with Crippen LogP contribution in [0.3, 0.4) is 0 Å². The third-order valence-electron chi connectivity index (χ3n) is 3.05. The van der Waals surface area contributed by atoms with Crippen molar-refractivity contribution in [3.8, 4) is 0 Å². The Hall–Kier alpha value is -2.63. The zero-order valence-electron chi connectivity index (χ0n) is 12.1. The third-order valence-corrected chi connectivity index (χ3v) is 3.05. The Bertz CT molecular complexity index is 697. The fourth-order valence-electron chi connectivity index (χ4n) is 2.13. The van der Waals surface area contributed by atoms with Gasteiger partial charge in [-0.2, -0.15) is 0 Å². The van der Waals surface area contributed by atoms with Gasteiger partial charge in [-0.25, -0.2) is 9.59 Å². The van der Waals surface area contributed by atoms with Crippen LogP contribution < -0.4 is 5.32 Å². The molecule has 2 aromatic rings. The molecule has 1 N–H and O–H groups in total. The van der Waals surface area contributed by atoms with Crippen molar-refractivity contribution in [2.24, 2.45) is 0 Å². The maximum Gasteiger partial charge on any atom is 0.341 e. The molecular weight excluding hydrogens is 272 g/mol. The van der Waals surface area contributed by atoms with Crippen LogP contribution in [0.15, 0.2) is 24.4 Å². The number of benzene rings is 1. The summed E-state index contributed by atoms with van der Waals surface area (Å²) in [5.41, 5.74) is 1.72. The fourth-order valence-corrected chi connectivity index (χ4v) is 2.13. The lowest BCUT2D eigenvalue weighted by Gasteiger charge is -2.12. The molecule has 0 aliphatic rings. The fraction of sp³-hybridized carbons (Fsp3) is 0.267. The number of rotatable bonds is 4. The number of ether oxygens (including phenoxy) is 2. The number of fused-ring (bicyclic) bond motifs is 1. The zero-order chi connectivity index (χ0) is 15.4. The van der Waals surface area contributed by atoms with Gasteiger partial charge in [0.2, 0.25) is 0 Å². The van der Waals surface area contributed by atoms with Crippen LogP contribution in [0.2, 0.25) is 0 Å². The second-order valence-corrected chi connectivity index (χ2v) is 4.21. The minimum Gasteiger partial charge on any atom is -0.465 e. The first-order valence-corrected chi connectivity index (χ1v) is 6.49. The lowest BCUT2D eigenvalue weighted by atomic mass is 10.1. The summed E-state index contributed by atoms with van der Waals surface area (Å²) in [7, 11) is 3.01. The molecule has 6 nitrogen and oxygen atoms in total. The molecule has 0 bridgehead atoms. The van der Waals surface area contributed by atoms with Gasteiger partial charge in [0.15, 0.2) is 0 Å². The summed E-state index contributed by atoms with van der Waals surface area (Å²) in [5.74, 6) is -0.932. The summed E-state index contributed by atoms with van der Waals surface area (Å²) in [6.07, 6.45) is 1.40. The Balaban J connectivity index is 2.69. The third kappa shape index (κ3) is 2.65. The second kappa shape index (κ2) is 6.21. The van der Waals surface area contributed by atoms with Gasteiger partial charge < -0.3 is 14.8 Å². The minimum absolute atomic E-state index is 0.280. The summed E-state index contributed by atoms with van der Waals surface area (Å²) in [6.45, 7) is 2.02. The van der Waals surface area contributed by atoms with E-state index in [1.807, 2.05) is 0 Å². The molecule has 0 radical (unpaired) electrons. The van der Waals surface area contributed by atoms with Crippen molar-refractivity contribution in [2.75, 3.05) is 26.1 Å². The number of hydrogen-bond donors (Lipinski definition) is 1. The first-order chi connectivity index (χ1) is 10.1. The molecule has 0 fully saturated rings. The normalized spacial score (nSPS) is 10.2. The van der Waals surface area contributed by atoms with Crippen LogP contribution in [0.25, 0.3) is 10.9 Å². The lowest BCUT2D eigenvalue weighted by molar-refractivity contribution is 0.0526. The van der Waals surface area contributed by atoms with Crippen molar-refractivity contribution in [3.05, 3.63) is 35.5 Å². The molecule has 0 spiro atoms. The molecule has 1 heterocycles. The van der Waals surface area contributed by atoms with Crippen molar-refractivity contribution >= 4 is 28.5 Å². The summed E-state index contributed by atoms with van der Waals surface area (Å²) >= 11 is 0. The molecular formula is C15H16N2O4. The number of pyridine rings is 1. The molecule has 0 amide bonds. The highest BCUT2D eigenvalue weighted by atomic mass is 16.5. The zero-order valence-corrected chi connectivity index (χ0v) is 12.1. The minimum atomic E-state index is -0.473. The van der Waals surface area contributed by atoms with Gasteiger partial charge in [0, 0.05) is 18.6 Å². The van der Waals surface area contributed by atoms with E-state index in [-0.39, 0.29) is 6.61 Å². The predicted octanol–water partition coefficient (Wildman–Crippen LogP) is 2.24. The number of carbonyl (C=O) groups is 2. The summed E-state index contributed by atoms with van der Waals surface area (Å²) in [5, 5.41) is 3.63. The van der Waals surface area contributed by atoms with E-state index in [2.05, 4.69) is 10.3 Å². The number of nitrogens with one attached hydrogen (secondary N) is 1. The number of anilines is 1. The molecule has 0 atom stereocenters. The number of methoxy groups -OCH3 is 1. The van der Waals surface area contributed by atoms with Crippen LogP contribution >= 0.6 is 0 Å². The topological polar surface area (TPSA) is 77.5 Å².